The van der Waals surface area contributed by atoms with Gasteiger partial charge in [0.05, 0.1) is 12.5 Å². The van der Waals surface area contributed by atoms with E-state index in [2.05, 4.69) is 10.6 Å². The summed E-state index contributed by atoms with van der Waals surface area (Å²) in [6.45, 7) is 2.33. The van der Waals surface area contributed by atoms with E-state index in [-0.39, 0.29) is 6.03 Å². The molecular weight excluding hydrogens is 260 g/mol. The highest BCUT2D eigenvalue weighted by Gasteiger charge is 2.11. The monoisotopic (exact) mass is 280 g/mol. The number of nitrogens with one attached hydrogen (secondary N) is 2. The van der Waals surface area contributed by atoms with Crippen molar-refractivity contribution in [3.63, 3.8) is 0 Å². The van der Waals surface area contributed by atoms with Gasteiger partial charge < -0.3 is 20.5 Å². The Morgan fingerprint density at radius 2 is 2.05 bits per heavy atom. The molecule has 0 spiro atoms. The van der Waals surface area contributed by atoms with Crippen molar-refractivity contribution in [2.24, 2.45) is 5.92 Å². The maximum absolute atomic E-state index is 11.7. The molecule has 0 aromatic heterocycles. The molecule has 0 heterocycles. The number of rotatable bonds is 7. The number of para-hydroxylation sites is 1. The van der Waals surface area contributed by atoms with Gasteiger partial charge in [-0.15, -0.1) is 0 Å². The number of hydrogen-bond acceptors (Lipinski definition) is 3. The first-order valence-electron chi connectivity index (χ1n) is 6.39. The zero-order valence-electron chi connectivity index (χ0n) is 11.7. The van der Waals surface area contributed by atoms with Gasteiger partial charge in [0.15, 0.2) is 0 Å². The molecule has 0 saturated carbocycles. The summed E-state index contributed by atoms with van der Waals surface area (Å²) in [5.41, 5.74) is 1.56. The van der Waals surface area contributed by atoms with Crippen LogP contribution in [0.2, 0.25) is 0 Å². The van der Waals surface area contributed by atoms with E-state index in [0.29, 0.717) is 25.3 Å². The third-order valence-corrected chi connectivity index (χ3v) is 2.85. The molecule has 1 atom stereocenters. The molecule has 6 nitrogen and oxygen atoms in total. The van der Waals surface area contributed by atoms with E-state index in [1.165, 1.54) is 0 Å². The quantitative estimate of drug-likeness (QED) is 0.713. The van der Waals surface area contributed by atoms with Gasteiger partial charge in [-0.3, -0.25) is 4.79 Å². The van der Waals surface area contributed by atoms with E-state index in [4.69, 9.17) is 9.84 Å². The number of anilines is 1. The predicted molar refractivity (Wildman–Crippen MR) is 75.6 cm³/mol. The lowest BCUT2D eigenvalue weighted by molar-refractivity contribution is -0.141. The topological polar surface area (TPSA) is 87.7 Å². The van der Waals surface area contributed by atoms with E-state index < -0.39 is 11.9 Å². The lowest BCUT2D eigenvalue weighted by Crippen LogP contribution is -2.31. The molecule has 0 bridgehead atoms. The van der Waals surface area contributed by atoms with E-state index >= 15 is 0 Å². The minimum Gasteiger partial charge on any atom is -0.481 e. The first-order chi connectivity index (χ1) is 9.54. The Balaban J connectivity index is 2.44. The fourth-order valence-electron chi connectivity index (χ4n) is 1.62. The molecule has 20 heavy (non-hydrogen) atoms. The second-order valence-corrected chi connectivity index (χ2v) is 4.50. The van der Waals surface area contributed by atoms with Crippen LogP contribution < -0.4 is 10.6 Å². The molecule has 0 aliphatic heterocycles. The zero-order valence-corrected chi connectivity index (χ0v) is 11.7. The van der Waals surface area contributed by atoms with Gasteiger partial charge in [0.2, 0.25) is 0 Å². The molecule has 0 saturated heterocycles. The summed E-state index contributed by atoms with van der Waals surface area (Å²) in [5.74, 6) is -1.34. The van der Waals surface area contributed by atoms with Crippen molar-refractivity contribution < 1.29 is 19.4 Å². The number of carbonyl (C=O) groups excluding carboxylic acids is 1. The molecule has 3 N–H and O–H groups in total. The maximum atomic E-state index is 11.7. The van der Waals surface area contributed by atoms with E-state index in [0.717, 1.165) is 5.56 Å². The maximum Gasteiger partial charge on any atom is 0.319 e. The lowest BCUT2D eigenvalue weighted by atomic mass is 10.1. The third-order valence-electron chi connectivity index (χ3n) is 2.85. The van der Waals surface area contributed by atoms with Gasteiger partial charge in [0.25, 0.3) is 0 Å². The van der Waals surface area contributed by atoms with Crippen molar-refractivity contribution in [3.8, 4) is 0 Å². The van der Waals surface area contributed by atoms with Crippen molar-refractivity contribution in [2.45, 2.75) is 20.0 Å². The van der Waals surface area contributed by atoms with Crippen LogP contribution in [0.4, 0.5) is 10.5 Å². The molecule has 1 aromatic carbocycles. The standard InChI is InChI=1S/C14H20N2O4/c1-10(13(17)18)7-8-15-14(19)16-12-6-4-3-5-11(12)9-20-2/h3-6,10H,7-9H2,1-2H3,(H,17,18)(H2,15,16,19). The van der Waals surface area contributed by atoms with Crippen LogP contribution >= 0.6 is 0 Å². The van der Waals surface area contributed by atoms with Gasteiger partial charge in [-0.1, -0.05) is 25.1 Å². The molecule has 2 amide bonds. The molecule has 0 radical (unpaired) electrons. The second-order valence-electron chi connectivity index (χ2n) is 4.50. The Hall–Kier alpha value is -2.08. The van der Waals surface area contributed by atoms with E-state index in [1.54, 1.807) is 20.1 Å². The summed E-state index contributed by atoms with van der Waals surface area (Å²) < 4.78 is 5.05. The van der Waals surface area contributed by atoms with Crippen molar-refractivity contribution in [1.82, 2.24) is 5.32 Å². The highest BCUT2D eigenvalue weighted by molar-refractivity contribution is 5.90. The third kappa shape index (κ3) is 5.27. The highest BCUT2D eigenvalue weighted by atomic mass is 16.5. The Morgan fingerprint density at radius 3 is 2.70 bits per heavy atom. The highest BCUT2D eigenvalue weighted by Crippen LogP contribution is 2.15. The predicted octanol–water partition coefficient (Wildman–Crippen LogP) is 2.07. The molecule has 0 aliphatic rings. The minimum absolute atomic E-state index is 0.311. The fraction of sp³-hybridized carbons (Fsp3) is 0.429. The van der Waals surface area contributed by atoms with Crippen molar-refractivity contribution in [1.29, 1.82) is 0 Å². The number of methoxy groups -OCH3 is 1. The smallest absolute Gasteiger partial charge is 0.319 e. The van der Waals surface area contributed by atoms with Gasteiger partial charge in [0.1, 0.15) is 0 Å². The van der Waals surface area contributed by atoms with Crippen LogP contribution in [-0.4, -0.2) is 30.8 Å². The van der Waals surface area contributed by atoms with E-state index in [1.807, 2.05) is 18.2 Å². The van der Waals surface area contributed by atoms with Crippen molar-refractivity contribution in [3.05, 3.63) is 29.8 Å². The van der Waals surface area contributed by atoms with Crippen LogP contribution in [0.15, 0.2) is 24.3 Å². The Kier molecular flexibility index (Phi) is 6.52. The van der Waals surface area contributed by atoms with Crippen LogP contribution in [0.5, 0.6) is 0 Å². The molecule has 6 heteroatoms. The van der Waals surface area contributed by atoms with Crippen molar-refractivity contribution >= 4 is 17.7 Å². The number of ether oxygens (including phenoxy) is 1. The van der Waals surface area contributed by atoms with Gasteiger partial charge in [-0.25, -0.2) is 4.79 Å². The van der Waals surface area contributed by atoms with Crippen LogP contribution in [0.1, 0.15) is 18.9 Å². The lowest BCUT2D eigenvalue weighted by Gasteiger charge is -2.12. The van der Waals surface area contributed by atoms with E-state index in [9.17, 15) is 9.59 Å². The van der Waals surface area contributed by atoms with Crippen LogP contribution in [-0.2, 0) is 16.1 Å². The number of urea groups is 1. The molecule has 1 rings (SSSR count). The van der Waals surface area contributed by atoms with Crippen LogP contribution in [0.3, 0.4) is 0 Å². The minimum atomic E-state index is -0.863. The summed E-state index contributed by atoms with van der Waals surface area (Å²) in [7, 11) is 1.59. The number of carbonyl (C=O) groups is 2. The fourth-order valence-corrected chi connectivity index (χ4v) is 1.62. The normalized spacial score (nSPS) is 11.7. The molecule has 0 fully saturated rings. The Bertz CT molecular complexity index is 462. The van der Waals surface area contributed by atoms with Gasteiger partial charge in [0, 0.05) is 24.9 Å². The Labute approximate surface area is 118 Å². The number of hydrogen-bond donors (Lipinski definition) is 3. The number of carboxylic acids is 1. The van der Waals surface area contributed by atoms with Crippen molar-refractivity contribution in [2.75, 3.05) is 19.0 Å². The van der Waals surface area contributed by atoms with Gasteiger partial charge in [-0.05, 0) is 12.5 Å². The summed E-state index contributed by atoms with van der Waals surface area (Å²) in [6.07, 6.45) is 0.391. The average Bonchev–Trinajstić information content (AvgIpc) is 2.41. The summed E-state index contributed by atoms with van der Waals surface area (Å²) in [4.78, 5) is 22.4. The molecule has 1 aromatic rings. The molecule has 0 aliphatic carbocycles. The van der Waals surface area contributed by atoms with Gasteiger partial charge >= 0.3 is 12.0 Å². The molecule has 110 valence electrons. The number of benzene rings is 1. The van der Waals surface area contributed by atoms with Crippen LogP contribution in [0, 0.1) is 5.92 Å². The first-order valence-corrected chi connectivity index (χ1v) is 6.39. The summed E-state index contributed by atoms with van der Waals surface area (Å²) >= 11 is 0. The number of carboxylic acid groups (broad SMARTS) is 1. The first kappa shape index (κ1) is 16.0. The zero-order chi connectivity index (χ0) is 15.0. The van der Waals surface area contributed by atoms with Crippen LogP contribution in [0.25, 0.3) is 0 Å². The number of amides is 2. The molecular formula is C14H20N2O4. The molecule has 1 unspecified atom stereocenters. The average molecular weight is 280 g/mol. The Morgan fingerprint density at radius 1 is 1.35 bits per heavy atom. The largest absolute Gasteiger partial charge is 0.481 e. The van der Waals surface area contributed by atoms with Gasteiger partial charge in [-0.2, -0.15) is 0 Å². The summed E-state index contributed by atoms with van der Waals surface area (Å²) in [6, 6.07) is 6.98. The summed E-state index contributed by atoms with van der Waals surface area (Å²) in [5, 5.41) is 14.1. The number of aliphatic carboxylic acids is 1. The SMILES string of the molecule is COCc1ccccc1NC(=O)NCCC(C)C(=O)O. The second kappa shape index (κ2) is 8.16.